The Morgan fingerprint density at radius 2 is 0.758 bits per heavy atom. The van der Waals surface area contributed by atoms with Gasteiger partial charge < -0.3 is 14.2 Å². The summed E-state index contributed by atoms with van der Waals surface area (Å²) >= 11 is 0. The highest BCUT2D eigenvalue weighted by Crippen LogP contribution is 2.13. The number of esters is 2. The quantitative estimate of drug-likeness (QED) is 0.0346. The fourth-order valence-corrected chi connectivity index (χ4v) is 7.00. The van der Waals surface area contributed by atoms with Gasteiger partial charge in [0.05, 0.1) is 6.61 Å². The molecule has 0 aliphatic rings. The minimum absolute atomic E-state index is 0.0643. The molecule has 356 valence electrons. The first-order valence-electron chi connectivity index (χ1n) is 26.1. The number of ether oxygens (including phenoxy) is 3. The highest BCUT2D eigenvalue weighted by Gasteiger charge is 2.17. The molecule has 0 saturated heterocycles. The van der Waals surface area contributed by atoms with Gasteiger partial charge in [-0.25, -0.2) is 0 Å². The Bertz CT molecular complexity index is 1160. The van der Waals surface area contributed by atoms with Gasteiger partial charge in [-0.15, -0.1) is 0 Å². The minimum Gasteiger partial charge on any atom is -0.462 e. The summed E-state index contributed by atoms with van der Waals surface area (Å²) in [5.74, 6) is -0.434. The van der Waals surface area contributed by atoms with Gasteiger partial charge in [0, 0.05) is 19.4 Å². The smallest absolute Gasteiger partial charge is 0.306 e. The third-order valence-corrected chi connectivity index (χ3v) is 10.9. The third-order valence-electron chi connectivity index (χ3n) is 10.9. The molecule has 0 amide bonds. The predicted molar refractivity (Wildman–Crippen MR) is 270 cm³/mol. The van der Waals surface area contributed by atoms with E-state index in [4.69, 9.17) is 14.2 Å². The van der Waals surface area contributed by atoms with Gasteiger partial charge in [0.2, 0.25) is 0 Å². The van der Waals surface area contributed by atoms with Crippen molar-refractivity contribution in [1.29, 1.82) is 0 Å². The van der Waals surface area contributed by atoms with E-state index in [0.29, 0.717) is 19.4 Å². The van der Waals surface area contributed by atoms with Gasteiger partial charge in [0.15, 0.2) is 6.10 Å². The lowest BCUT2D eigenvalue weighted by Crippen LogP contribution is -2.30. The molecule has 1 unspecified atom stereocenters. The topological polar surface area (TPSA) is 61.8 Å². The molecule has 1 atom stereocenters. The highest BCUT2D eigenvalue weighted by atomic mass is 16.6. The SMILES string of the molecule is CC/C=C\C/C=C\C/C=C\C/C=C\CCCCCCCOCC(COC(=O)CCCCCCC/C=C\CCCCCCCC)OC(=O)CCCCCCC/C=C\C/C=C\CCC. The number of hydrogen-bond acceptors (Lipinski definition) is 5. The maximum Gasteiger partial charge on any atom is 0.306 e. The van der Waals surface area contributed by atoms with Gasteiger partial charge in [0.1, 0.15) is 6.61 Å². The second kappa shape index (κ2) is 52.4. The minimum atomic E-state index is -0.560. The molecule has 0 N–H and O–H groups in total. The van der Waals surface area contributed by atoms with E-state index >= 15 is 0 Å². The largest absolute Gasteiger partial charge is 0.462 e. The van der Waals surface area contributed by atoms with Gasteiger partial charge in [-0.1, -0.05) is 202 Å². The molecule has 62 heavy (non-hydrogen) atoms. The fraction of sp³-hybridized carbons (Fsp3) is 0.719. The molecule has 0 aromatic rings. The molecule has 0 spiro atoms. The van der Waals surface area contributed by atoms with Crippen molar-refractivity contribution in [3.05, 3.63) is 85.1 Å². The van der Waals surface area contributed by atoms with Crippen molar-refractivity contribution in [2.45, 2.75) is 245 Å². The van der Waals surface area contributed by atoms with Crippen molar-refractivity contribution < 1.29 is 23.8 Å². The van der Waals surface area contributed by atoms with Crippen molar-refractivity contribution in [1.82, 2.24) is 0 Å². The van der Waals surface area contributed by atoms with E-state index in [-0.39, 0.29) is 25.2 Å². The van der Waals surface area contributed by atoms with Crippen molar-refractivity contribution in [3.8, 4) is 0 Å². The summed E-state index contributed by atoms with van der Waals surface area (Å²) in [6, 6.07) is 0. The molecule has 0 saturated carbocycles. The van der Waals surface area contributed by atoms with Crippen molar-refractivity contribution in [3.63, 3.8) is 0 Å². The predicted octanol–water partition coefficient (Wildman–Crippen LogP) is 17.7. The molecule has 0 radical (unpaired) electrons. The van der Waals surface area contributed by atoms with Crippen LogP contribution in [0.5, 0.6) is 0 Å². The van der Waals surface area contributed by atoms with Crippen molar-refractivity contribution in [2.75, 3.05) is 19.8 Å². The summed E-state index contributed by atoms with van der Waals surface area (Å²) in [7, 11) is 0. The van der Waals surface area contributed by atoms with Crippen LogP contribution in [0.25, 0.3) is 0 Å². The number of carbonyl (C=O) groups is 2. The van der Waals surface area contributed by atoms with Crippen LogP contribution >= 0.6 is 0 Å². The maximum atomic E-state index is 12.8. The Hall–Kier alpha value is -2.92. The zero-order valence-electron chi connectivity index (χ0n) is 40.9. The van der Waals surface area contributed by atoms with E-state index in [2.05, 4.69) is 106 Å². The van der Waals surface area contributed by atoms with E-state index in [0.717, 1.165) is 109 Å². The molecule has 0 aliphatic heterocycles. The summed E-state index contributed by atoms with van der Waals surface area (Å²) in [6.07, 6.45) is 68.7. The average Bonchev–Trinajstić information content (AvgIpc) is 3.27. The Kier molecular flexibility index (Phi) is 50.0. The second-order valence-electron chi connectivity index (χ2n) is 17.0. The molecule has 0 heterocycles. The van der Waals surface area contributed by atoms with E-state index < -0.39 is 6.10 Å². The zero-order chi connectivity index (χ0) is 44.9. The molecule has 0 aromatic carbocycles. The van der Waals surface area contributed by atoms with Gasteiger partial charge in [-0.2, -0.15) is 0 Å². The lowest BCUT2D eigenvalue weighted by atomic mass is 10.1. The monoisotopic (exact) mass is 863 g/mol. The van der Waals surface area contributed by atoms with Gasteiger partial charge >= 0.3 is 11.9 Å². The van der Waals surface area contributed by atoms with E-state index in [1.165, 1.54) is 96.3 Å². The van der Waals surface area contributed by atoms with Crippen LogP contribution in [0.2, 0.25) is 0 Å². The summed E-state index contributed by atoms with van der Waals surface area (Å²) in [4.78, 5) is 25.4. The molecule has 0 bridgehead atoms. The molecule has 0 fully saturated rings. The van der Waals surface area contributed by atoms with E-state index in [9.17, 15) is 9.59 Å². The second-order valence-corrected chi connectivity index (χ2v) is 17.0. The van der Waals surface area contributed by atoms with Crippen LogP contribution in [-0.2, 0) is 23.8 Å². The Morgan fingerprint density at radius 1 is 0.371 bits per heavy atom. The molecular weight excluding hydrogens is 765 g/mol. The molecule has 5 heteroatoms. The number of carbonyl (C=O) groups excluding carboxylic acids is 2. The van der Waals surface area contributed by atoms with Gasteiger partial charge in [0.25, 0.3) is 0 Å². The lowest BCUT2D eigenvalue weighted by molar-refractivity contribution is -0.163. The third kappa shape index (κ3) is 49.7. The highest BCUT2D eigenvalue weighted by molar-refractivity contribution is 5.70. The Morgan fingerprint density at radius 3 is 1.24 bits per heavy atom. The van der Waals surface area contributed by atoms with Gasteiger partial charge in [-0.05, 0) is 109 Å². The fourth-order valence-electron chi connectivity index (χ4n) is 7.00. The van der Waals surface area contributed by atoms with Crippen LogP contribution in [0.4, 0.5) is 0 Å². The zero-order valence-corrected chi connectivity index (χ0v) is 40.9. The van der Waals surface area contributed by atoms with Crippen molar-refractivity contribution >= 4 is 11.9 Å². The van der Waals surface area contributed by atoms with Crippen LogP contribution in [-0.4, -0.2) is 37.9 Å². The van der Waals surface area contributed by atoms with Crippen LogP contribution in [0.15, 0.2) is 85.1 Å². The summed E-state index contributed by atoms with van der Waals surface area (Å²) in [5.41, 5.74) is 0. The summed E-state index contributed by atoms with van der Waals surface area (Å²) < 4.78 is 17.4. The van der Waals surface area contributed by atoms with Gasteiger partial charge in [-0.3, -0.25) is 9.59 Å². The standard InChI is InChI=1S/C57H98O5/c1-4-7-10-13-16-19-22-25-27-28-29-31-34-37-40-43-46-49-52-60-53-55(62-57(59)51-48-45-42-39-36-32-24-21-18-15-12-9-6-3)54-61-56(58)50-47-44-41-38-35-33-30-26-23-20-17-14-11-8-5-2/h7,10,12,15-16,19,21,24-27,29-31,55H,4-6,8-9,11,13-14,17-18,20,22-23,28,32-54H2,1-3H3/b10-7-,15-12-,19-16-,24-21-,27-25-,30-26-,31-29-. The molecule has 5 nitrogen and oxygen atoms in total. The van der Waals surface area contributed by atoms with Crippen LogP contribution in [0.3, 0.4) is 0 Å². The molecule has 0 rings (SSSR count). The number of rotatable bonds is 47. The average molecular weight is 863 g/mol. The number of allylic oxidation sites excluding steroid dienone is 14. The molecular formula is C57H98O5. The van der Waals surface area contributed by atoms with E-state index in [1.807, 2.05) is 0 Å². The Balaban J connectivity index is 4.34. The summed E-state index contributed by atoms with van der Waals surface area (Å²) in [6.45, 7) is 7.59. The van der Waals surface area contributed by atoms with Crippen LogP contribution in [0, 0.1) is 0 Å². The Labute approximate surface area is 384 Å². The number of unbranched alkanes of at least 4 members (excludes halogenated alkanes) is 22. The van der Waals surface area contributed by atoms with Crippen LogP contribution < -0.4 is 0 Å². The van der Waals surface area contributed by atoms with Crippen molar-refractivity contribution in [2.24, 2.45) is 0 Å². The van der Waals surface area contributed by atoms with E-state index in [1.54, 1.807) is 0 Å². The first-order valence-corrected chi connectivity index (χ1v) is 26.1. The molecule has 0 aromatic heterocycles. The first kappa shape index (κ1) is 59.1. The normalized spacial score (nSPS) is 12.9. The first-order chi connectivity index (χ1) is 30.6. The number of hydrogen-bond donors (Lipinski definition) is 0. The summed E-state index contributed by atoms with van der Waals surface area (Å²) in [5, 5.41) is 0. The lowest BCUT2D eigenvalue weighted by Gasteiger charge is -2.18. The maximum absolute atomic E-state index is 12.8. The van der Waals surface area contributed by atoms with Crippen LogP contribution in [0.1, 0.15) is 239 Å². The molecule has 0 aliphatic carbocycles.